The predicted octanol–water partition coefficient (Wildman–Crippen LogP) is 19.0. The first-order chi connectivity index (χ1) is 33.7. The van der Waals surface area contributed by atoms with E-state index in [2.05, 4.69) is 206 Å². The summed E-state index contributed by atoms with van der Waals surface area (Å²) in [6.45, 7) is 0. The second-order valence-electron chi connectivity index (χ2n) is 18.2. The first-order valence-electron chi connectivity index (χ1n) is 23.4. The summed E-state index contributed by atoms with van der Waals surface area (Å²) in [7, 11) is 0. The minimum Gasteiger partial charge on any atom is -0.456 e. The van der Waals surface area contributed by atoms with Crippen molar-refractivity contribution in [2.45, 2.75) is 0 Å². The molecule has 0 aliphatic rings. The Morgan fingerprint density at radius 1 is 0.206 bits per heavy atom. The summed E-state index contributed by atoms with van der Waals surface area (Å²) < 4.78 is 12.6. The fourth-order valence-electron chi connectivity index (χ4n) is 11.6. The maximum absolute atomic E-state index is 6.30. The van der Waals surface area contributed by atoms with E-state index in [0.29, 0.717) is 0 Å². The zero-order chi connectivity index (χ0) is 44.5. The smallest absolute Gasteiger partial charge is 0.135 e. The van der Waals surface area contributed by atoms with Crippen LogP contribution in [0, 0.1) is 0 Å². The predicted molar refractivity (Wildman–Crippen MR) is 287 cm³/mol. The molecule has 15 aromatic rings. The molecule has 0 radical (unpaired) electrons. The minimum absolute atomic E-state index is 0.888. The van der Waals surface area contributed by atoms with Crippen LogP contribution in [0.2, 0.25) is 0 Å². The second kappa shape index (κ2) is 14.3. The fourth-order valence-corrected chi connectivity index (χ4v) is 11.6. The van der Waals surface area contributed by atoms with E-state index in [1.807, 2.05) is 24.3 Å². The highest BCUT2D eigenvalue weighted by Crippen LogP contribution is 2.49. The average Bonchev–Trinajstić information content (AvgIpc) is 3.97. The van der Waals surface area contributed by atoms with E-state index in [1.165, 1.54) is 81.7 Å². The lowest BCUT2D eigenvalue weighted by molar-refractivity contribution is 0.668. The number of fused-ring (bicyclic) bond motifs is 8. The Hall–Kier alpha value is -8.98. The third-order valence-corrected chi connectivity index (χ3v) is 14.6. The van der Waals surface area contributed by atoms with Crippen LogP contribution in [0.3, 0.4) is 0 Å². The van der Waals surface area contributed by atoms with Crippen LogP contribution in [0.1, 0.15) is 0 Å². The van der Waals surface area contributed by atoms with Gasteiger partial charge in [-0.05, 0) is 146 Å². The number of rotatable bonds is 5. The van der Waals surface area contributed by atoms with Crippen molar-refractivity contribution in [3.05, 3.63) is 231 Å². The third-order valence-electron chi connectivity index (χ3n) is 14.6. The van der Waals surface area contributed by atoms with Gasteiger partial charge in [0.25, 0.3) is 0 Å². The molecule has 0 saturated heterocycles. The molecule has 2 heteroatoms. The van der Waals surface area contributed by atoms with Crippen LogP contribution in [0.15, 0.2) is 239 Å². The molecule has 2 aromatic heterocycles. The Labute approximate surface area is 390 Å². The van der Waals surface area contributed by atoms with Gasteiger partial charge in [0, 0.05) is 21.5 Å². The molecule has 0 bridgehead atoms. The van der Waals surface area contributed by atoms with Gasteiger partial charge in [0.1, 0.15) is 22.3 Å². The van der Waals surface area contributed by atoms with Gasteiger partial charge in [-0.3, -0.25) is 0 Å². The third kappa shape index (κ3) is 5.40. The molecule has 15 rings (SSSR count). The second-order valence-corrected chi connectivity index (χ2v) is 18.2. The van der Waals surface area contributed by atoms with Crippen molar-refractivity contribution < 1.29 is 8.83 Å². The van der Waals surface area contributed by atoms with E-state index in [1.54, 1.807) is 0 Å². The van der Waals surface area contributed by atoms with Crippen LogP contribution in [0.5, 0.6) is 0 Å². The minimum atomic E-state index is 0.888. The fraction of sp³-hybridized carbons (Fsp3) is 0. The van der Waals surface area contributed by atoms with Gasteiger partial charge in [0.15, 0.2) is 0 Å². The Morgan fingerprint density at radius 3 is 1.18 bits per heavy atom. The van der Waals surface area contributed by atoms with Crippen LogP contribution in [-0.4, -0.2) is 0 Å². The SMILES string of the molecule is c1cc(-c2ccc3oc4ccccc4c3c2)c(-c2ccc(-c3c4ccccc4c(-c4ccc5ccc6cccc7ccc4c5c67)c4ccccc34)cc2)c(-c2ccc3oc4ccccc4c3c2)c1. The molecule has 0 saturated carbocycles. The van der Waals surface area contributed by atoms with E-state index < -0.39 is 0 Å². The highest BCUT2D eigenvalue weighted by Gasteiger charge is 2.22. The molecular weight excluding hydrogens is 825 g/mol. The Morgan fingerprint density at radius 2 is 0.618 bits per heavy atom. The van der Waals surface area contributed by atoms with Crippen molar-refractivity contribution in [1.82, 2.24) is 0 Å². The van der Waals surface area contributed by atoms with E-state index in [9.17, 15) is 0 Å². The molecule has 0 amide bonds. The molecule has 0 aliphatic carbocycles. The van der Waals surface area contributed by atoms with Gasteiger partial charge in [-0.2, -0.15) is 0 Å². The Kier molecular flexibility index (Phi) is 7.81. The normalized spacial score (nSPS) is 12.1. The number of benzene rings is 13. The molecule has 13 aromatic carbocycles. The maximum Gasteiger partial charge on any atom is 0.135 e. The van der Waals surface area contributed by atoms with Crippen molar-refractivity contribution in [1.29, 1.82) is 0 Å². The summed E-state index contributed by atoms with van der Waals surface area (Å²) in [4.78, 5) is 0. The molecule has 0 unspecified atom stereocenters. The zero-order valence-corrected chi connectivity index (χ0v) is 36.8. The monoisotopic (exact) mass is 862 g/mol. The van der Waals surface area contributed by atoms with E-state index in [-0.39, 0.29) is 0 Å². The lowest BCUT2D eigenvalue weighted by atomic mass is 9.83. The van der Waals surface area contributed by atoms with Gasteiger partial charge in [-0.15, -0.1) is 0 Å². The summed E-state index contributed by atoms with van der Waals surface area (Å²) >= 11 is 0. The van der Waals surface area contributed by atoms with Crippen LogP contribution in [-0.2, 0) is 0 Å². The number of furan rings is 2. The molecular formula is C66H38O2. The van der Waals surface area contributed by atoms with Crippen molar-refractivity contribution in [2.75, 3.05) is 0 Å². The summed E-state index contributed by atoms with van der Waals surface area (Å²) in [5, 5.41) is 17.2. The lowest BCUT2D eigenvalue weighted by Crippen LogP contribution is -1.93. The van der Waals surface area contributed by atoms with Crippen molar-refractivity contribution in [3.63, 3.8) is 0 Å². The Balaban J connectivity index is 0.940. The molecule has 0 atom stereocenters. The lowest BCUT2D eigenvalue weighted by Gasteiger charge is -2.20. The van der Waals surface area contributed by atoms with Crippen LogP contribution < -0.4 is 0 Å². The maximum atomic E-state index is 6.30. The Bertz CT molecular complexity index is 4340. The molecule has 68 heavy (non-hydrogen) atoms. The standard InChI is InChI=1S/C66H38O2/c1-3-17-52-50(15-1)64(51-16-2-4-18-53(51)66(52)55-34-30-43-28-23-39-11-9-12-40-29-33-54(55)65(43)62(39)40)42-26-24-41(25-27-42)63-46(44-31-35-60-56(37-44)48-13-5-7-21-58(48)67-60)19-10-20-47(63)45-32-36-61-57(38-45)49-14-6-8-22-59(49)68-61/h1-38H. The highest BCUT2D eigenvalue weighted by atomic mass is 16.3. The van der Waals surface area contributed by atoms with Crippen LogP contribution in [0.4, 0.5) is 0 Å². The van der Waals surface area contributed by atoms with Crippen molar-refractivity contribution >= 4 is 97.7 Å². The topological polar surface area (TPSA) is 26.3 Å². The van der Waals surface area contributed by atoms with Gasteiger partial charge in [0.05, 0.1) is 0 Å². The van der Waals surface area contributed by atoms with Crippen LogP contribution in [0.25, 0.3) is 153 Å². The first kappa shape index (κ1) is 37.3. The van der Waals surface area contributed by atoms with Gasteiger partial charge >= 0.3 is 0 Å². The first-order valence-corrected chi connectivity index (χ1v) is 23.4. The molecule has 0 aliphatic heterocycles. The van der Waals surface area contributed by atoms with Gasteiger partial charge in [-0.1, -0.05) is 194 Å². The van der Waals surface area contributed by atoms with E-state index in [4.69, 9.17) is 8.83 Å². The van der Waals surface area contributed by atoms with Crippen LogP contribution >= 0.6 is 0 Å². The molecule has 0 spiro atoms. The summed E-state index contributed by atoms with van der Waals surface area (Å²) in [5.41, 5.74) is 15.5. The van der Waals surface area contributed by atoms with Gasteiger partial charge in [-0.25, -0.2) is 0 Å². The number of para-hydroxylation sites is 2. The molecule has 2 heterocycles. The number of hydrogen-bond acceptors (Lipinski definition) is 2. The molecule has 0 N–H and O–H groups in total. The van der Waals surface area contributed by atoms with Crippen molar-refractivity contribution in [3.8, 4) is 55.6 Å². The summed E-state index contributed by atoms with van der Waals surface area (Å²) in [6.07, 6.45) is 0. The summed E-state index contributed by atoms with van der Waals surface area (Å²) in [6, 6.07) is 84.4. The largest absolute Gasteiger partial charge is 0.456 e. The van der Waals surface area contributed by atoms with E-state index in [0.717, 1.165) is 71.7 Å². The van der Waals surface area contributed by atoms with Crippen molar-refractivity contribution in [2.24, 2.45) is 0 Å². The van der Waals surface area contributed by atoms with Gasteiger partial charge < -0.3 is 8.83 Å². The zero-order valence-electron chi connectivity index (χ0n) is 36.8. The molecule has 314 valence electrons. The summed E-state index contributed by atoms with van der Waals surface area (Å²) in [5.74, 6) is 0. The highest BCUT2D eigenvalue weighted by molar-refractivity contribution is 6.29. The molecule has 0 fully saturated rings. The molecule has 2 nitrogen and oxygen atoms in total. The quantitative estimate of drug-likeness (QED) is 0.127. The average molecular weight is 863 g/mol. The van der Waals surface area contributed by atoms with E-state index >= 15 is 0 Å². The van der Waals surface area contributed by atoms with Gasteiger partial charge in [0.2, 0.25) is 0 Å². The number of hydrogen-bond donors (Lipinski definition) is 0.